The van der Waals surface area contributed by atoms with Gasteiger partial charge in [0.1, 0.15) is 17.9 Å². The van der Waals surface area contributed by atoms with Gasteiger partial charge < -0.3 is 15.8 Å². The number of fused-ring (bicyclic) bond motifs is 1. The smallest absolute Gasteiger partial charge is 0.244 e. The molecule has 1 heterocycles. The molecule has 22 heavy (non-hydrogen) atoms. The van der Waals surface area contributed by atoms with E-state index in [9.17, 15) is 4.79 Å². The monoisotopic (exact) mass is 296 g/mol. The molecule has 114 valence electrons. The molecular weight excluding hydrogens is 276 g/mol. The summed E-state index contributed by atoms with van der Waals surface area (Å²) in [5.74, 6) is 0.707. The topological polar surface area (TPSA) is 64.4 Å². The number of ether oxygens (including phenoxy) is 1. The number of amides is 1. The summed E-state index contributed by atoms with van der Waals surface area (Å²) >= 11 is 0. The first-order valence-electron chi connectivity index (χ1n) is 7.43. The van der Waals surface area contributed by atoms with E-state index in [0.29, 0.717) is 6.61 Å². The van der Waals surface area contributed by atoms with Crippen molar-refractivity contribution in [2.75, 3.05) is 6.61 Å². The normalized spacial score (nSPS) is 19.5. The van der Waals surface area contributed by atoms with Crippen molar-refractivity contribution >= 4 is 5.91 Å². The SMILES string of the molecule is CC(N)(C(=O)NC1COc2ccccc2C1)c1ccccc1. The third kappa shape index (κ3) is 2.83. The fourth-order valence-electron chi connectivity index (χ4n) is 2.67. The quantitative estimate of drug-likeness (QED) is 0.910. The van der Waals surface area contributed by atoms with Crippen LogP contribution >= 0.6 is 0 Å². The van der Waals surface area contributed by atoms with E-state index in [1.54, 1.807) is 6.92 Å². The van der Waals surface area contributed by atoms with Crippen LogP contribution in [0.2, 0.25) is 0 Å². The summed E-state index contributed by atoms with van der Waals surface area (Å²) < 4.78 is 5.70. The van der Waals surface area contributed by atoms with Crippen LogP contribution in [0.1, 0.15) is 18.1 Å². The minimum atomic E-state index is -1.06. The average Bonchev–Trinajstić information content (AvgIpc) is 2.55. The van der Waals surface area contributed by atoms with Gasteiger partial charge in [0.25, 0.3) is 0 Å². The molecule has 0 aliphatic carbocycles. The summed E-state index contributed by atoms with van der Waals surface area (Å²) in [6.45, 7) is 2.20. The van der Waals surface area contributed by atoms with Crippen LogP contribution in [0, 0.1) is 0 Å². The van der Waals surface area contributed by atoms with Crippen LogP contribution in [0.25, 0.3) is 0 Å². The molecule has 2 unspecified atom stereocenters. The molecule has 0 saturated carbocycles. The second-order valence-corrected chi connectivity index (χ2v) is 5.86. The van der Waals surface area contributed by atoms with E-state index in [4.69, 9.17) is 10.5 Å². The maximum absolute atomic E-state index is 12.6. The Morgan fingerprint density at radius 1 is 1.18 bits per heavy atom. The Labute approximate surface area is 130 Å². The van der Waals surface area contributed by atoms with Gasteiger partial charge in [-0.05, 0) is 30.5 Å². The van der Waals surface area contributed by atoms with Gasteiger partial charge in [-0.1, -0.05) is 48.5 Å². The van der Waals surface area contributed by atoms with Gasteiger partial charge in [0, 0.05) is 0 Å². The predicted molar refractivity (Wildman–Crippen MR) is 85.6 cm³/mol. The maximum Gasteiger partial charge on any atom is 0.244 e. The molecule has 2 atom stereocenters. The van der Waals surface area contributed by atoms with E-state index in [2.05, 4.69) is 5.32 Å². The molecule has 0 spiro atoms. The van der Waals surface area contributed by atoms with Crippen molar-refractivity contribution in [3.8, 4) is 5.75 Å². The lowest BCUT2D eigenvalue weighted by Crippen LogP contribution is -2.54. The Hall–Kier alpha value is -2.33. The highest BCUT2D eigenvalue weighted by atomic mass is 16.5. The van der Waals surface area contributed by atoms with E-state index >= 15 is 0 Å². The second kappa shape index (κ2) is 5.81. The zero-order valence-corrected chi connectivity index (χ0v) is 12.6. The highest BCUT2D eigenvalue weighted by Crippen LogP contribution is 2.24. The first kappa shape index (κ1) is 14.6. The first-order valence-corrected chi connectivity index (χ1v) is 7.43. The molecule has 1 amide bonds. The lowest BCUT2D eigenvalue weighted by atomic mass is 9.91. The predicted octanol–water partition coefficient (Wildman–Crippen LogP) is 1.98. The summed E-state index contributed by atoms with van der Waals surface area (Å²) in [6, 6.07) is 17.2. The van der Waals surface area contributed by atoms with Crippen LogP contribution in [0.4, 0.5) is 0 Å². The Morgan fingerprint density at radius 3 is 2.64 bits per heavy atom. The summed E-state index contributed by atoms with van der Waals surface area (Å²) in [6.07, 6.45) is 0.757. The van der Waals surface area contributed by atoms with Gasteiger partial charge in [-0.3, -0.25) is 4.79 Å². The molecule has 0 radical (unpaired) electrons. The van der Waals surface area contributed by atoms with E-state index in [0.717, 1.165) is 23.3 Å². The first-order chi connectivity index (χ1) is 10.6. The Morgan fingerprint density at radius 2 is 1.86 bits per heavy atom. The van der Waals surface area contributed by atoms with E-state index < -0.39 is 5.54 Å². The molecule has 1 aliphatic heterocycles. The van der Waals surface area contributed by atoms with E-state index in [1.807, 2.05) is 54.6 Å². The largest absolute Gasteiger partial charge is 0.491 e. The Kier molecular flexibility index (Phi) is 3.86. The van der Waals surface area contributed by atoms with Crippen molar-refractivity contribution in [2.24, 2.45) is 5.73 Å². The van der Waals surface area contributed by atoms with E-state index in [1.165, 1.54) is 0 Å². The number of carbonyl (C=O) groups excluding carboxylic acids is 1. The molecule has 1 aliphatic rings. The molecule has 0 saturated heterocycles. The number of nitrogens with one attached hydrogen (secondary N) is 1. The second-order valence-electron chi connectivity index (χ2n) is 5.86. The molecule has 0 bridgehead atoms. The third-order valence-corrected chi connectivity index (χ3v) is 4.06. The number of para-hydroxylation sites is 1. The van der Waals surface area contributed by atoms with Crippen molar-refractivity contribution in [1.29, 1.82) is 0 Å². The number of nitrogens with two attached hydrogens (primary N) is 1. The third-order valence-electron chi connectivity index (χ3n) is 4.06. The molecule has 2 aromatic carbocycles. The fraction of sp³-hybridized carbons (Fsp3) is 0.278. The highest BCUT2D eigenvalue weighted by Gasteiger charge is 2.32. The molecule has 3 N–H and O–H groups in total. The Bertz CT molecular complexity index is 668. The minimum Gasteiger partial charge on any atom is -0.491 e. The fourth-order valence-corrected chi connectivity index (χ4v) is 2.67. The number of hydrogen-bond donors (Lipinski definition) is 2. The Balaban J connectivity index is 1.70. The van der Waals surface area contributed by atoms with Gasteiger partial charge in [0.2, 0.25) is 5.91 Å². The molecule has 3 rings (SSSR count). The van der Waals surface area contributed by atoms with Crippen molar-refractivity contribution < 1.29 is 9.53 Å². The van der Waals surface area contributed by atoms with Gasteiger partial charge in [-0.15, -0.1) is 0 Å². The highest BCUT2D eigenvalue weighted by molar-refractivity contribution is 5.87. The van der Waals surface area contributed by atoms with Crippen molar-refractivity contribution in [2.45, 2.75) is 24.9 Å². The van der Waals surface area contributed by atoms with Gasteiger partial charge in [0.05, 0.1) is 6.04 Å². The zero-order chi connectivity index (χ0) is 15.6. The van der Waals surface area contributed by atoms with Gasteiger partial charge in [-0.2, -0.15) is 0 Å². The van der Waals surface area contributed by atoms with Gasteiger partial charge in [0.15, 0.2) is 0 Å². The molecule has 4 heteroatoms. The number of rotatable bonds is 3. The summed E-state index contributed by atoms with van der Waals surface area (Å²) in [7, 11) is 0. The van der Waals surface area contributed by atoms with Crippen LogP contribution in [0.15, 0.2) is 54.6 Å². The van der Waals surface area contributed by atoms with Crippen LogP contribution < -0.4 is 15.8 Å². The summed E-state index contributed by atoms with van der Waals surface area (Å²) in [5.41, 5.74) is 7.09. The van der Waals surface area contributed by atoms with Crippen LogP contribution in [0.5, 0.6) is 5.75 Å². The van der Waals surface area contributed by atoms with Crippen molar-refractivity contribution in [1.82, 2.24) is 5.32 Å². The minimum absolute atomic E-state index is 0.0611. The van der Waals surface area contributed by atoms with Crippen LogP contribution in [-0.4, -0.2) is 18.6 Å². The van der Waals surface area contributed by atoms with E-state index in [-0.39, 0.29) is 11.9 Å². The number of hydrogen-bond acceptors (Lipinski definition) is 3. The zero-order valence-electron chi connectivity index (χ0n) is 12.6. The molecule has 0 aromatic heterocycles. The molecular formula is C18H20N2O2. The van der Waals surface area contributed by atoms with Crippen LogP contribution in [0.3, 0.4) is 0 Å². The molecule has 0 fully saturated rings. The summed E-state index contributed by atoms with van der Waals surface area (Å²) in [4.78, 5) is 12.6. The van der Waals surface area contributed by atoms with Crippen molar-refractivity contribution in [3.05, 3.63) is 65.7 Å². The summed E-state index contributed by atoms with van der Waals surface area (Å²) in [5, 5.41) is 3.01. The number of carbonyl (C=O) groups is 1. The lowest BCUT2D eigenvalue weighted by molar-refractivity contribution is -0.127. The molecule has 4 nitrogen and oxygen atoms in total. The standard InChI is InChI=1S/C18H20N2O2/c1-18(19,14-8-3-2-4-9-14)17(21)20-15-11-13-7-5-6-10-16(13)22-12-15/h2-10,15H,11-12,19H2,1H3,(H,20,21). The van der Waals surface area contributed by atoms with Gasteiger partial charge >= 0.3 is 0 Å². The molecule has 2 aromatic rings. The number of benzene rings is 2. The average molecular weight is 296 g/mol. The lowest BCUT2D eigenvalue weighted by Gasteiger charge is -2.30. The van der Waals surface area contributed by atoms with Gasteiger partial charge in [-0.25, -0.2) is 0 Å². The van der Waals surface area contributed by atoms with Crippen molar-refractivity contribution in [3.63, 3.8) is 0 Å². The van der Waals surface area contributed by atoms with Crippen LogP contribution in [-0.2, 0) is 16.8 Å². The maximum atomic E-state index is 12.6.